The van der Waals surface area contributed by atoms with Gasteiger partial charge in [-0.15, -0.1) is 0 Å². The number of carbonyl (C=O) groups is 2. The number of ether oxygens (including phenoxy) is 3. The highest BCUT2D eigenvalue weighted by Gasteiger charge is 2.32. The monoisotopic (exact) mass is 533 g/mol. The van der Waals surface area contributed by atoms with Gasteiger partial charge in [0.05, 0.1) is 19.1 Å². The molecule has 11 heteroatoms. The van der Waals surface area contributed by atoms with E-state index < -0.39 is 28.5 Å². The van der Waals surface area contributed by atoms with Gasteiger partial charge in [0.25, 0.3) is 0 Å². The maximum Gasteiger partial charge on any atom is 0.244 e. The molecule has 1 atom stereocenters. The molecule has 2 amide bonds. The molecule has 0 spiro atoms. The number of hydrogen-bond acceptors (Lipinski definition) is 7. The highest BCUT2D eigenvalue weighted by atomic mass is 32.2. The van der Waals surface area contributed by atoms with Crippen molar-refractivity contribution in [2.75, 3.05) is 37.6 Å². The third-order valence-corrected chi connectivity index (χ3v) is 7.02. The van der Waals surface area contributed by atoms with Gasteiger partial charge in [-0.1, -0.05) is 32.9 Å². The van der Waals surface area contributed by atoms with Crippen LogP contribution in [0.5, 0.6) is 17.2 Å². The first kappa shape index (κ1) is 28.1. The van der Waals surface area contributed by atoms with Gasteiger partial charge in [-0.25, -0.2) is 8.42 Å². The van der Waals surface area contributed by atoms with Crippen molar-refractivity contribution >= 4 is 27.5 Å². The van der Waals surface area contributed by atoms with Crippen molar-refractivity contribution in [1.29, 1.82) is 0 Å². The molecule has 2 aromatic carbocycles. The molecular formula is C26H35N3O7S. The molecule has 1 aliphatic heterocycles. The number of anilines is 1. The van der Waals surface area contributed by atoms with Gasteiger partial charge in [-0.3, -0.25) is 13.9 Å². The zero-order chi connectivity index (χ0) is 27.2. The summed E-state index contributed by atoms with van der Waals surface area (Å²) in [7, 11) is -2.31. The van der Waals surface area contributed by atoms with Gasteiger partial charge in [0.15, 0.2) is 11.5 Å². The predicted octanol–water partition coefficient (Wildman–Crippen LogP) is 2.77. The van der Waals surface area contributed by atoms with Crippen LogP contribution in [0.3, 0.4) is 0 Å². The van der Waals surface area contributed by atoms with E-state index in [0.29, 0.717) is 30.2 Å². The molecule has 0 aromatic heterocycles. The topological polar surface area (TPSA) is 114 Å². The molecule has 0 aliphatic carbocycles. The Balaban J connectivity index is 1.94. The lowest BCUT2D eigenvalue weighted by Crippen LogP contribution is -2.52. The first-order valence-electron chi connectivity index (χ1n) is 12.1. The Morgan fingerprint density at radius 3 is 2.49 bits per heavy atom. The lowest BCUT2D eigenvalue weighted by Gasteiger charge is -2.33. The zero-order valence-corrected chi connectivity index (χ0v) is 22.7. The second kappa shape index (κ2) is 12.2. The standard InChI is InChI=1S/C26H35N3O7S/c1-6-22(26(31)27-14-18(2)3)28(15-19-8-7-9-21(12-19)34-4)25(30)16-29(37(5,32)33)20-10-11-23-24(13-20)36-17-35-23/h7-13,18,22H,6,14-17H2,1-5H3,(H,27,31)/t22-/m0/s1. The highest BCUT2D eigenvalue weighted by Crippen LogP contribution is 2.36. The van der Waals surface area contributed by atoms with Crippen LogP contribution in [-0.4, -0.2) is 64.4 Å². The van der Waals surface area contributed by atoms with Crippen molar-refractivity contribution in [2.45, 2.75) is 39.8 Å². The smallest absolute Gasteiger partial charge is 0.244 e. The number of hydrogen-bond donors (Lipinski definition) is 1. The van der Waals surface area contributed by atoms with Gasteiger partial charge >= 0.3 is 0 Å². The molecule has 37 heavy (non-hydrogen) atoms. The Hall–Kier alpha value is -3.47. The second-order valence-electron chi connectivity index (χ2n) is 9.24. The lowest BCUT2D eigenvalue weighted by molar-refractivity contribution is -0.140. The molecule has 1 N–H and O–H groups in total. The van der Waals surface area contributed by atoms with Gasteiger partial charge in [0.1, 0.15) is 18.3 Å². The summed E-state index contributed by atoms with van der Waals surface area (Å²) < 4.78 is 42.6. The van der Waals surface area contributed by atoms with Crippen LogP contribution in [0.25, 0.3) is 0 Å². The largest absolute Gasteiger partial charge is 0.497 e. The molecule has 0 bridgehead atoms. The minimum absolute atomic E-state index is 0.0363. The number of sulfonamides is 1. The summed E-state index contributed by atoms with van der Waals surface area (Å²) in [4.78, 5) is 28.3. The van der Waals surface area contributed by atoms with Crippen LogP contribution < -0.4 is 23.8 Å². The Morgan fingerprint density at radius 2 is 1.84 bits per heavy atom. The van der Waals surface area contributed by atoms with Gasteiger partial charge in [0, 0.05) is 19.2 Å². The van der Waals surface area contributed by atoms with Crippen molar-refractivity contribution in [3.05, 3.63) is 48.0 Å². The number of nitrogens with one attached hydrogen (secondary N) is 1. The van der Waals surface area contributed by atoms with Crippen molar-refractivity contribution in [3.63, 3.8) is 0 Å². The number of nitrogens with zero attached hydrogens (tertiary/aromatic N) is 2. The summed E-state index contributed by atoms with van der Waals surface area (Å²) in [5.74, 6) is 0.928. The van der Waals surface area contributed by atoms with E-state index in [0.717, 1.165) is 16.1 Å². The SMILES string of the molecule is CC[C@@H](C(=O)NCC(C)C)N(Cc1cccc(OC)c1)C(=O)CN(c1ccc2c(c1)OCO2)S(C)(=O)=O. The van der Waals surface area contributed by atoms with E-state index in [2.05, 4.69) is 5.32 Å². The minimum Gasteiger partial charge on any atom is -0.497 e. The maximum atomic E-state index is 13.8. The predicted molar refractivity (Wildman–Crippen MR) is 140 cm³/mol. The average molecular weight is 534 g/mol. The van der Waals surface area contributed by atoms with Crippen LogP contribution in [0.2, 0.25) is 0 Å². The minimum atomic E-state index is -3.85. The van der Waals surface area contributed by atoms with E-state index in [-0.39, 0.29) is 30.9 Å². The third-order valence-electron chi connectivity index (χ3n) is 5.88. The van der Waals surface area contributed by atoms with E-state index in [4.69, 9.17) is 14.2 Å². The Morgan fingerprint density at radius 1 is 1.11 bits per heavy atom. The molecule has 2 aromatic rings. The molecule has 202 valence electrons. The Bertz CT molecular complexity index is 1220. The summed E-state index contributed by atoms with van der Waals surface area (Å²) >= 11 is 0. The first-order chi connectivity index (χ1) is 17.5. The summed E-state index contributed by atoms with van der Waals surface area (Å²) in [6, 6.07) is 11.1. The quantitative estimate of drug-likeness (QED) is 0.446. The van der Waals surface area contributed by atoms with Crippen LogP contribution >= 0.6 is 0 Å². The third kappa shape index (κ3) is 7.28. The molecule has 3 rings (SSSR count). The van der Waals surface area contributed by atoms with E-state index in [1.807, 2.05) is 26.8 Å². The Kier molecular flexibility index (Phi) is 9.25. The van der Waals surface area contributed by atoms with E-state index in [1.54, 1.807) is 37.4 Å². The second-order valence-corrected chi connectivity index (χ2v) is 11.2. The van der Waals surface area contributed by atoms with E-state index >= 15 is 0 Å². The van der Waals surface area contributed by atoms with Crippen molar-refractivity contribution < 1.29 is 32.2 Å². The molecule has 1 heterocycles. The normalized spacial score (nSPS) is 13.2. The molecule has 0 fully saturated rings. The fourth-order valence-electron chi connectivity index (χ4n) is 3.96. The van der Waals surface area contributed by atoms with E-state index in [9.17, 15) is 18.0 Å². The first-order valence-corrected chi connectivity index (χ1v) is 14.0. The number of benzene rings is 2. The van der Waals surface area contributed by atoms with Crippen molar-refractivity contribution in [1.82, 2.24) is 10.2 Å². The van der Waals surface area contributed by atoms with Gasteiger partial charge < -0.3 is 24.4 Å². The molecule has 0 radical (unpaired) electrons. The van der Waals surface area contributed by atoms with E-state index in [1.165, 1.54) is 11.0 Å². The van der Waals surface area contributed by atoms with Gasteiger partial charge in [0.2, 0.25) is 28.6 Å². The lowest BCUT2D eigenvalue weighted by atomic mass is 10.1. The Labute approximate surface area is 218 Å². The fraction of sp³-hybridized carbons (Fsp3) is 0.462. The van der Waals surface area contributed by atoms with Gasteiger partial charge in [-0.05, 0) is 42.2 Å². The van der Waals surface area contributed by atoms with Crippen molar-refractivity contribution in [3.8, 4) is 17.2 Å². The number of rotatable bonds is 12. The number of carbonyl (C=O) groups excluding carboxylic acids is 2. The highest BCUT2D eigenvalue weighted by molar-refractivity contribution is 7.92. The molecule has 1 aliphatic rings. The average Bonchev–Trinajstić information content (AvgIpc) is 3.33. The van der Waals surface area contributed by atoms with Crippen LogP contribution in [-0.2, 0) is 26.2 Å². The number of fused-ring (bicyclic) bond motifs is 1. The van der Waals surface area contributed by atoms with Crippen LogP contribution in [0, 0.1) is 5.92 Å². The van der Waals surface area contributed by atoms with Crippen LogP contribution in [0.1, 0.15) is 32.8 Å². The molecule has 0 unspecified atom stereocenters. The van der Waals surface area contributed by atoms with Crippen LogP contribution in [0.4, 0.5) is 5.69 Å². The molecule has 0 saturated carbocycles. The van der Waals surface area contributed by atoms with Crippen LogP contribution in [0.15, 0.2) is 42.5 Å². The molecule has 0 saturated heterocycles. The summed E-state index contributed by atoms with van der Waals surface area (Å²) in [6.45, 7) is 5.89. The fourth-order valence-corrected chi connectivity index (χ4v) is 4.81. The van der Waals surface area contributed by atoms with Gasteiger partial charge in [-0.2, -0.15) is 0 Å². The summed E-state index contributed by atoms with van der Waals surface area (Å²) in [5.41, 5.74) is 1.01. The number of amides is 2. The summed E-state index contributed by atoms with van der Waals surface area (Å²) in [6.07, 6.45) is 1.38. The molecular weight excluding hydrogens is 498 g/mol. The van der Waals surface area contributed by atoms with Crippen molar-refractivity contribution in [2.24, 2.45) is 5.92 Å². The molecule has 10 nitrogen and oxygen atoms in total. The maximum absolute atomic E-state index is 13.8. The zero-order valence-electron chi connectivity index (χ0n) is 21.9. The number of methoxy groups -OCH3 is 1. The summed E-state index contributed by atoms with van der Waals surface area (Å²) in [5, 5.41) is 2.90.